The fourth-order valence-electron chi connectivity index (χ4n) is 2.93. The van der Waals surface area contributed by atoms with Crippen molar-refractivity contribution < 1.29 is 0 Å². The van der Waals surface area contributed by atoms with E-state index >= 15 is 0 Å². The Labute approximate surface area is 123 Å². The zero-order valence-electron chi connectivity index (χ0n) is 13.1. The highest BCUT2D eigenvalue weighted by molar-refractivity contribution is 4.98. The number of nitrogens with zero attached hydrogens (tertiary/aromatic N) is 3. The van der Waals surface area contributed by atoms with E-state index < -0.39 is 0 Å². The maximum atomic E-state index is 4.27. The topological polar surface area (TPSA) is 33.1 Å². The van der Waals surface area contributed by atoms with E-state index in [4.69, 9.17) is 0 Å². The van der Waals surface area contributed by atoms with Gasteiger partial charge in [-0.1, -0.05) is 20.3 Å². The van der Waals surface area contributed by atoms with E-state index in [1.54, 1.807) is 0 Å². The van der Waals surface area contributed by atoms with Gasteiger partial charge in [0, 0.05) is 25.3 Å². The minimum absolute atomic E-state index is 0.679. The molecule has 0 spiro atoms. The number of aromatic nitrogens is 2. The zero-order valence-corrected chi connectivity index (χ0v) is 13.1. The Kier molecular flexibility index (Phi) is 6.54. The van der Waals surface area contributed by atoms with E-state index in [1.165, 1.54) is 57.4 Å². The van der Waals surface area contributed by atoms with Crippen molar-refractivity contribution in [1.29, 1.82) is 0 Å². The van der Waals surface area contributed by atoms with Gasteiger partial charge in [0.1, 0.15) is 0 Å². The van der Waals surface area contributed by atoms with Crippen molar-refractivity contribution in [3.63, 3.8) is 0 Å². The molecule has 2 rings (SSSR count). The second-order valence-corrected chi connectivity index (χ2v) is 5.93. The van der Waals surface area contributed by atoms with Crippen molar-refractivity contribution in [2.75, 3.05) is 19.6 Å². The van der Waals surface area contributed by atoms with Crippen LogP contribution < -0.4 is 5.32 Å². The van der Waals surface area contributed by atoms with Gasteiger partial charge in [0.05, 0.1) is 12.0 Å². The van der Waals surface area contributed by atoms with Gasteiger partial charge >= 0.3 is 0 Å². The third-order valence-electron chi connectivity index (χ3n) is 4.25. The molecule has 0 amide bonds. The average molecular weight is 278 g/mol. The van der Waals surface area contributed by atoms with Crippen LogP contribution in [0.1, 0.15) is 51.6 Å². The monoisotopic (exact) mass is 278 g/mol. The molecule has 1 aromatic heterocycles. The average Bonchev–Trinajstić information content (AvgIpc) is 2.92. The molecular formula is C16H30N4. The molecule has 1 saturated heterocycles. The molecule has 1 N–H and O–H groups in total. The summed E-state index contributed by atoms with van der Waals surface area (Å²) in [4.78, 5) is 6.88. The SMILES string of the molecule is CCCCN1CCC(NCc2cncn2CCC)CC1. The third kappa shape index (κ3) is 4.60. The van der Waals surface area contributed by atoms with E-state index in [0.29, 0.717) is 6.04 Å². The van der Waals surface area contributed by atoms with Gasteiger partial charge in [-0.15, -0.1) is 0 Å². The van der Waals surface area contributed by atoms with E-state index in [-0.39, 0.29) is 0 Å². The first kappa shape index (κ1) is 15.5. The van der Waals surface area contributed by atoms with Gasteiger partial charge in [0.15, 0.2) is 0 Å². The van der Waals surface area contributed by atoms with Crippen LogP contribution in [-0.4, -0.2) is 40.1 Å². The van der Waals surface area contributed by atoms with E-state index in [9.17, 15) is 0 Å². The van der Waals surface area contributed by atoms with Gasteiger partial charge < -0.3 is 14.8 Å². The smallest absolute Gasteiger partial charge is 0.0948 e. The van der Waals surface area contributed by atoms with Crippen LogP contribution in [-0.2, 0) is 13.1 Å². The number of imidazole rings is 1. The van der Waals surface area contributed by atoms with Gasteiger partial charge in [-0.2, -0.15) is 0 Å². The number of aryl methyl sites for hydroxylation is 1. The number of unbranched alkanes of at least 4 members (excludes halogenated alkanes) is 1. The molecule has 1 aliphatic heterocycles. The summed E-state index contributed by atoms with van der Waals surface area (Å²) < 4.78 is 2.27. The van der Waals surface area contributed by atoms with Crippen molar-refractivity contribution in [1.82, 2.24) is 19.8 Å². The standard InChI is InChI=1S/C16H30N4/c1-3-5-9-19-10-6-15(7-11-19)18-13-16-12-17-14-20(16)8-4-2/h12,14-15,18H,3-11,13H2,1-2H3. The number of piperidine rings is 1. The predicted molar refractivity (Wildman–Crippen MR) is 83.7 cm³/mol. The molecule has 2 heterocycles. The van der Waals surface area contributed by atoms with Crippen molar-refractivity contribution in [2.45, 2.75) is 65.1 Å². The highest BCUT2D eigenvalue weighted by Gasteiger charge is 2.18. The molecule has 4 heteroatoms. The van der Waals surface area contributed by atoms with Crippen molar-refractivity contribution >= 4 is 0 Å². The van der Waals surface area contributed by atoms with Crippen LogP contribution in [0.25, 0.3) is 0 Å². The molecule has 0 atom stereocenters. The largest absolute Gasteiger partial charge is 0.333 e. The lowest BCUT2D eigenvalue weighted by molar-refractivity contribution is 0.194. The van der Waals surface area contributed by atoms with Crippen molar-refractivity contribution in [3.05, 3.63) is 18.2 Å². The van der Waals surface area contributed by atoms with Crippen LogP contribution in [0.4, 0.5) is 0 Å². The first-order valence-corrected chi connectivity index (χ1v) is 8.28. The molecule has 4 nitrogen and oxygen atoms in total. The van der Waals surface area contributed by atoms with Gasteiger partial charge in [-0.3, -0.25) is 0 Å². The summed E-state index contributed by atoms with van der Waals surface area (Å²) in [6.07, 6.45) is 10.3. The highest BCUT2D eigenvalue weighted by atomic mass is 15.1. The number of hydrogen-bond acceptors (Lipinski definition) is 3. The summed E-state index contributed by atoms with van der Waals surface area (Å²) in [7, 11) is 0. The van der Waals surface area contributed by atoms with E-state index in [0.717, 1.165) is 13.1 Å². The molecule has 20 heavy (non-hydrogen) atoms. The quantitative estimate of drug-likeness (QED) is 0.793. The summed E-state index contributed by atoms with van der Waals surface area (Å²) in [5.41, 5.74) is 1.32. The molecule has 0 aromatic carbocycles. The van der Waals surface area contributed by atoms with Gasteiger partial charge in [0.2, 0.25) is 0 Å². The highest BCUT2D eigenvalue weighted by Crippen LogP contribution is 2.12. The lowest BCUT2D eigenvalue weighted by Crippen LogP contribution is -2.42. The normalized spacial score (nSPS) is 17.7. The lowest BCUT2D eigenvalue weighted by Gasteiger charge is -2.32. The first-order valence-electron chi connectivity index (χ1n) is 8.28. The summed E-state index contributed by atoms with van der Waals surface area (Å²) in [5, 5.41) is 3.71. The summed E-state index contributed by atoms with van der Waals surface area (Å²) in [5.74, 6) is 0. The molecule has 114 valence electrons. The van der Waals surface area contributed by atoms with Crippen LogP contribution in [0.3, 0.4) is 0 Å². The third-order valence-corrected chi connectivity index (χ3v) is 4.25. The summed E-state index contributed by atoms with van der Waals surface area (Å²) in [6.45, 7) is 10.3. The van der Waals surface area contributed by atoms with Gasteiger partial charge in [0.25, 0.3) is 0 Å². The summed E-state index contributed by atoms with van der Waals surface area (Å²) in [6, 6.07) is 0.679. The maximum Gasteiger partial charge on any atom is 0.0948 e. The molecule has 0 aliphatic carbocycles. The number of hydrogen-bond donors (Lipinski definition) is 1. The fraction of sp³-hybridized carbons (Fsp3) is 0.812. The number of likely N-dealkylation sites (tertiary alicyclic amines) is 1. The second-order valence-electron chi connectivity index (χ2n) is 5.93. The maximum absolute atomic E-state index is 4.27. The molecule has 0 saturated carbocycles. The Bertz CT molecular complexity index is 366. The molecule has 0 unspecified atom stereocenters. The van der Waals surface area contributed by atoms with E-state index in [1.807, 2.05) is 12.5 Å². The van der Waals surface area contributed by atoms with Crippen LogP contribution >= 0.6 is 0 Å². The minimum atomic E-state index is 0.679. The summed E-state index contributed by atoms with van der Waals surface area (Å²) >= 11 is 0. The predicted octanol–water partition coefficient (Wildman–Crippen LogP) is 2.65. The first-order chi connectivity index (χ1) is 9.83. The fourth-order valence-corrected chi connectivity index (χ4v) is 2.93. The molecule has 1 fully saturated rings. The Morgan fingerprint density at radius 2 is 2.00 bits per heavy atom. The Morgan fingerprint density at radius 3 is 2.70 bits per heavy atom. The Balaban J connectivity index is 1.69. The Hall–Kier alpha value is -0.870. The second kappa shape index (κ2) is 8.42. The van der Waals surface area contributed by atoms with E-state index in [2.05, 4.69) is 33.6 Å². The number of nitrogens with one attached hydrogen (secondary N) is 1. The van der Waals surface area contributed by atoms with Crippen molar-refractivity contribution in [2.24, 2.45) is 0 Å². The van der Waals surface area contributed by atoms with Gasteiger partial charge in [-0.25, -0.2) is 4.98 Å². The zero-order chi connectivity index (χ0) is 14.2. The Morgan fingerprint density at radius 1 is 1.20 bits per heavy atom. The molecule has 0 bridgehead atoms. The molecule has 1 aromatic rings. The van der Waals surface area contributed by atoms with Crippen LogP contribution in [0.2, 0.25) is 0 Å². The van der Waals surface area contributed by atoms with Crippen LogP contribution in [0, 0.1) is 0 Å². The van der Waals surface area contributed by atoms with Gasteiger partial charge in [-0.05, 0) is 45.3 Å². The van der Waals surface area contributed by atoms with Crippen LogP contribution in [0.15, 0.2) is 12.5 Å². The van der Waals surface area contributed by atoms with Crippen molar-refractivity contribution in [3.8, 4) is 0 Å². The molecular weight excluding hydrogens is 248 g/mol. The molecule has 1 aliphatic rings. The van der Waals surface area contributed by atoms with Crippen LogP contribution in [0.5, 0.6) is 0 Å². The number of rotatable bonds is 8. The molecule has 0 radical (unpaired) electrons. The minimum Gasteiger partial charge on any atom is -0.333 e. The lowest BCUT2D eigenvalue weighted by atomic mass is 10.0.